The first kappa shape index (κ1) is 45.4. The molecule has 1 aliphatic rings. The molecule has 10 nitrogen and oxygen atoms in total. The van der Waals surface area contributed by atoms with Crippen LogP contribution in [0.5, 0.6) is 0 Å². The molecule has 1 amide bonds. The number of hydrogen-bond acceptors (Lipinski definition) is 9. The zero-order chi connectivity index (χ0) is 38.3. The third-order valence-electron chi connectivity index (χ3n) is 9.68. The van der Waals surface area contributed by atoms with Gasteiger partial charge in [0.05, 0.1) is 66.1 Å². The van der Waals surface area contributed by atoms with Gasteiger partial charge in [-0.1, -0.05) is 133 Å². The molecule has 2 aromatic carbocycles. The summed E-state index contributed by atoms with van der Waals surface area (Å²) in [6.07, 6.45) is 16.9. The van der Waals surface area contributed by atoms with Crippen molar-refractivity contribution in [3.8, 4) is 11.1 Å². The summed E-state index contributed by atoms with van der Waals surface area (Å²) in [6.45, 7) is 7.70. The van der Waals surface area contributed by atoms with Crippen LogP contribution in [0.4, 0.5) is 4.79 Å². The number of hydrogen-bond donors (Lipinski definition) is 0. The monoisotopic (exact) mass is 755 g/mol. The Morgan fingerprint density at radius 3 is 1.41 bits per heavy atom. The van der Waals surface area contributed by atoms with Crippen LogP contribution in [-0.4, -0.2) is 110 Å². The van der Waals surface area contributed by atoms with E-state index in [1.807, 2.05) is 24.3 Å². The number of benzene rings is 2. The summed E-state index contributed by atoms with van der Waals surface area (Å²) in [5.74, 6) is -0.0964. The fourth-order valence-corrected chi connectivity index (χ4v) is 6.55. The van der Waals surface area contributed by atoms with Gasteiger partial charge in [-0.15, -0.1) is 0 Å². The van der Waals surface area contributed by atoms with Crippen molar-refractivity contribution in [1.29, 1.82) is 0 Å². The molecule has 0 N–H and O–H groups in total. The summed E-state index contributed by atoms with van der Waals surface area (Å²) in [5.41, 5.74) is 4.80. The van der Waals surface area contributed by atoms with E-state index >= 15 is 0 Å². The summed E-state index contributed by atoms with van der Waals surface area (Å²) in [5, 5.41) is 0. The lowest BCUT2D eigenvalue weighted by Crippen LogP contribution is -2.32. The van der Waals surface area contributed by atoms with E-state index < -0.39 is 0 Å². The van der Waals surface area contributed by atoms with E-state index in [2.05, 4.69) is 31.2 Å². The average Bonchev–Trinajstić information content (AvgIpc) is 3.51. The first-order valence-electron chi connectivity index (χ1n) is 20.7. The SMILES string of the molecule is CCCCCCCCCCCCCCCC(=O)OCCOCCOCCOCCOCCOCCN(C)C(=O)OCC1c2ccccc2-c2ccccc21. The van der Waals surface area contributed by atoms with Crippen LogP contribution in [0, 0.1) is 0 Å². The van der Waals surface area contributed by atoms with Gasteiger partial charge in [-0.2, -0.15) is 0 Å². The van der Waals surface area contributed by atoms with Crippen LogP contribution in [0.15, 0.2) is 48.5 Å². The summed E-state index contributed by atoms with van der Waals surface area (Å²) >= 11 is 0. The van der Waals surface area contributed by atoms with Crippen molar-refractivity contribution in [3.05, 3.63) is 59.7 Å². The number of carbonyl (C=O) groups is 2. The third kappa shape index (κ3) is 19.5. The van der Waals surface area contributed by atoms with E-state index in [1.165, 1.54) is 97.8 Å². The summed E-state index contributed by atoms with van der Waals surface area (Å²) in [4.78, 5) is 26.1. The van der Waals surface area contributed by atoms with E-state index in [0.717, 1.165) is 12.8 Å². The standard InChI is InChI=1S/C44H69NO9/c1-3-4-5-6-7-8-9-10-11-12-13-14-15-24-43(46)53-36-35-52-34-33-51-32-31-50-30-29-49-28-27-48-26-25-45(2)44(47)54-37-42-40-22-18-16-20-38(40)39-21-17-19-23-41(39)42/h16-23,42H,3-15,24-37H2,1-2H3. The second-order valence-electron chi connectivity index (χ2n) is 14.0. The van der Waals surface area contributed by atoms with Crippen LogP contribution in [0.2, 0.25) is 0 Å². The number of ether oxygens (including phenoxy) is 7. The van der Waals surface area contributed by atoms with Crippen molar-refractivity contribution in [2.24, 2.45) is 0 Å². The molecule has 10 heteroatoms. The number of carbonyl (C=O) groups excluding carboxylic acids is 2. The van der Waals surface area contributed by atoms with Gasteiger partial charge in [0.1, 0.15) is 13.2 Å². The van der Waals surface area contributed by atoms with E-state index in [4.69, 9.17) is 33.2 Å². The minimum Gasteiger partial charge on any atom is -0.463 e. The van der Waals surface area contributed by atoms with Gasteiger partial charge in [0, 0.05) is 25.9 Å². The Kier molecular flexibility index (Phi) is 25.4. The van der Waals surface area contributed by atoms with Gasteiger partial charge >= 0.3 is 12.1 Å². The van der Waals surface area contributed by atoms with Crippen LogP contribution < -0.4 is 0 Å². The smallest absolute Gasteiger partial charge is 0.409 e. The van der Waals surface area contributed by atoms with Crippen LogP contribution in [0.1, 0.15) is 114 Å². The minimum atomic E-state index is -0.363. The second kappa shape index (κ2) is 30.2. The second-order valence-corrected chi connectivity index (χ2v) is 14.0. The van der Waals surface area contributed by atoms with Crippen LogP contribution in [-0.2, 0) is 38.0 Å². The fourth-order valence-electron chi connectivity index (χ4n) is 6.55. The zero-order valence-corrected chi connectivity index (χ0v) is 33.4. The highest BCUT2D eigenvalue weighted by Crippen LogP contribution is 2.44. The number of esters is 1. The Labute approximate surface area is 325 Å². The predicted octanol–water partition coefficient (Wildman–Crippen LogP) is 8.97. The van der Waals surface area contributed by atoms with Gasteiger partial charge in [-0.25, -0.2) is 4.79 Å². The van der Waals surface area contributed by atoms with Gasteiger partial charge in [0.15, 0.2) is 0 Å². The number of amides is 1. The van der Waals surface area contributed by atoms with E-state index in [0.29, 0.717) is 85.6 Å². The number of fused-ring (bicyclic) bond motifs is 3. The van der Waals surface area contributed by atoms with Crippen molar-refractivity contribution < 1.29 is 42.7 Å². The van der Waals surface area contributed by atoms with Crippen LogP contribution in [0.3, 0.4) is 0 Å². The lowest BCUT2D eigenvalue weighted by molar-refractivity contribution is -0.145. The summed E-state index contributed by atoms with van der Waals surface area (Å²) < 4.78 is 38.6. The highest BCUT2D eigenvalue weighted by Gasteiger charge is 2.29. The molecule has 0 heterocycles. The van der Waals surface area contributed by atoms with Gasteiger partial charge in [0.2, 0.25) is 0 Å². The van der Waals surface area contributed by atoms with E-state index in [-0.39, 0.29) is 24.6 Å². The lowest BCUT2D eigenvalue weighted by Gasteiger charge is -2.19. The molecule has 0 saturated carbocycles. The molecule has 3 rings (SSSR count). The Morgan fingerprint density at radius 1 is 0.519 bits per heavy atom. The van der Waals surface area contributed by atoms with Gasteiger partial charge in [-0.3, -0.25) is 4.79 Å². The molecule has 0 fully saturated rings. The number of unbranched alkanes of at least 4 members (excludes halogenated alkanes) is 12. The quantitative estimate of drug-likeness (QED) is 0.0512. The molecule has 0 unspecified atom stereocenters. The summed E-state index contributed by atoms with van der Waals surface area (Å²) in [7, 11) is 1.72. The number of likely N-dealkylation sites (N-methyl/N-ethyl adjacent to an activating group) is 1. The van der Waals surface area contributed by atoms with Crippen molar-refractivity contribution in [2.75, 3.05) is 92.9 Å². The van der Waals surface area contributed by atoms with Gasteiger partial charge < -0.3 is 38.1 Å². The molecule has 54 heavy (non-hydrogen) atoms. The first-order valence-corrected chi connectivity index (χ1v) is 20.7. The highest BCUT2D eigenvalue weighted by atomic mass is 16.6. The maximum Gasteiger partial charge on any atom is 0.409 e. The molecule has 0 saturated heterocycles. The lowest BCUT2D eigenvalue weighted by atomic mass is 9.98. The maximum atomic E-state index is 12.6. The van der Waals surface area contributed by atoms with Gasteiger partial charge in [0.25, 0.3) is 0 Å². The Morgan fingerprint density at radius 2 is 0.926 bits per heavy atom. The molecule has 0 bridgehead atoms. The predicted molar refractivity (Wildman–Crippen MR) is 213 cm³/mol. The fraction of sp³-hybridized carbons (Fsp3) is 0.682. The average molecular weight is 756 g/mol. The Hall–Kier alpha value is -3.02. The molecule has 2 aromatic rings. The molecular formula is C44H69NO9. The molecule has 1 aliphatic carbocycles. The van der Waals surface area contributed by atoms with Crippen molar-refractivity contribution in [3.63, 3.8) is 0 Å². The topological polar surface area (TPSA) is 102 Å². The van der Waals surface area contributed by atoms with Crippen LogP contribution in [0.25, 0.3) is 11.1 Å². The molecule has 0 aromatic heterocycles. The molecule has 0 aliphatic heterocycles. The molecule has 304 valence electrons. The normalized spacial score (nSPS) is 12.1. The highest BCUT2D eigenvalue weighted by molar-refractivity contribution is 5.79. The molecule has 0 atom stereocenters. The van der Waals surface area contributed by atoms with Crippen molar-refractivity contribution >= 4 is 12.1 Å². The Bertz CT molecular complexity index is 1210. The third-order valence-corrected chi connectivity index (χ3v) is 9.68. The first-order chi connectivity index (χ1) is 26.6. The van der Waals surface area contributed by atoms with Crippen LogP contribution >= 0.6 is 0 Å². The molecule has 0 spiro atoms. The Balaban J connectivity index is 0.998. The van der Waals surface area contributed by atoms with Crippen molar-refractivity contribution in [2.45, 2.75) is 103 Å². The zero-order valence-electron chi connectivity index (χ0n) is 33.4. The number of rotatable bonds is 34. The maximum absolute atomic E-state index is 12.6. The minimum absolute atomic E-state index is 0.0400. The van der Waals surface area contributed by atoms with Gasteiger partial charge in [-0.05, 0) is 28.7 Å². The summed E-state index contributed by atoms with van der Waals surface area (Å²) in [6, 6.07) is 16.6. The van der Waals surface area contributed by atoms with Crippen molar-refractivity contribution in [1.82, 2.24) is 4.90 Å². The molecular weight excluding hydrogens is 686 g/mol. The molecule has 0 radical (unpaired) electrons. The van der Waals surface area contributed by atoms with E-state index in [9.17, 15) is 9.59 Å². The van der Waals surface area contributed by atoms with E-state index in [1.54, 1.807) is 7.05 Å². The largest absolute Gasteiger partial charge is 0.463 e. The number of nitrogens with zero attached hydrogens (tertiary/aromatic N) is 1.